The second kappa shape index (κ2) is 10.2. The second-order valence-electron chi connectivity index (χ2n) is 17.2. The molecular weight excluding hydrogens is 516 g/mol. The summed E-state index contributed by atoms with van der Waals surface area (Å²) in [6.07, 6.45) is 12.1. The Morgan fingerprint density at radius 2 is 1.17 bits per heavy atom. The lowest BCUT2D eigenvalue weighted by Gasteiger charge is -2.64. The lowest BCUT2D eigenvalue weighted by atomic mass is 9.46. The maximum absolute atomic E-state index is 12.8. The average molecular weight is 575 g/mol. The van der Waals surface area contributed by atoms with E-state index in [0.29, 0.717) is 41.9 Å². The Hall–Kier alpha value is -1.14. The summed E-state index contributed by atoms with van der Waals surface area (Å²) in [4.78, 5) is 25.2. The Bertz CT molecular complexity index is 996. The van der Waals surface area contributed by atoms with E-state index in [1.165, 1.54) is 6.42 Å². The van der Waals surface area contributed by atoms with Gasteiger partial charge in [-0.15, -0.1) is 0 Å². The van der Waals surface area contributed by atoms with Crippen LogP contribution in [0.15, 0.2) is 0 Å². The van der Waals surface area contributed by atoms with Crippen molar-refractivity contribution in [3.63, 3.8) is 0 Å². The van der Waals surface area contributed by atoms with Crippen molar-refractivity contribution in [2.45, 2.75) is 161 Å². The summed E-state index contributed by atoms with van der Waals surface area (Å²) in [7, 11) is 0. The second-order valence-corrected chi connectivity index (χ2v) is 17.2. The topological polar surface area (TPSA) is 93.1 Å². The molecule has 8 aliphatic rings. The van der Waals surface area contributed by atoms with Gasteiger partial charge in [0.2, 0.25) is 0 Å². The predicted molar refractivity (Wildman–Crippen MR) is 159 cm³/mol. The summed E-state index contributed by atoms with van der Waals surface area (Å²) in [6, 6.07) is 0. The van der Waals surface area contributed by atoms with E-state index in [2.05, 4.69) is 13.8 Å². The van der Waals surface area contributed by atoms with Gasteiger partial charge >= 0.3 is 11.9 Å². The van der Waals surface area contributed by atoms with E-state index in [1.54, 1.807) is 0 Å². The molecule has 0 aliphatic heterocycles. The summed E-state index contributed by atoms with van der Waals surface area (Å²) in [5.74, 6) is 2.59. The molecule has 0 aromatic carbocycles. The molecular formula is C35H58O6. The molecule has 0 spiro atoms. The van der Waals surface area contributed by atoms with Crippen LogP contribution in [0.2, 0.25) is 0 Å². The summed E-state index contributed by atoms with van der Waals surface area (Å²) >= 11 is 0. The summed E-state index contributed by atoms with van der Waals surface area (Å²) in [5.41, 5.74) is -2.59. The molecule has 0 amide bonds. The third kappa shape index (κ3) is 5.51. The highest BCUT2D eigenvalue weighted by Gasteiger charge is 2.65. The molecule has 8 aliphatic carbocycles. The molecule has 0 saturated heterocycles. The number of aliphatic hydroxyl groups is 2. The monoisotopic (exact) mass is 574 g/mol. The molecule has 2 N–H and O–H groups in total. The van der Waals surface area contributed by atoms with E-state index >= 15 is 0 Å². The first-order valence-corrected chi connectivity index (χ1v) is 16.8. The predicted octanol–water partition coefficient (Wildman–Crippen LogP) is 6.98. The number of hydrogen-bond acceptors (Lipinski definition) is 6. The van der Waals surface area contributed by atoms with Crippen LogP contribution in [0, 0.1) is 46.3 Å². The minimum absolute atomic E-state index is 0.0526. The van der Waals surface area contributed by atoms with Gasteiger partial charge in [-0.05, 0) is 128 Å². The van der Waals surface area contributed by atoms with Crippen LogP contribution >= 0.6 is 0 Å². The quantitative estimate of drug-likeness (QED) is 0.319. The maximum Gasteiger partial charge on any atom is 0.312 e. The van der Waals surface area contributed by atoms with E-state index in [9.17, 15) is 19.8 Å². The third-order valence-electron chi connectivity index (χ3n) is 12.8. The molecule has 0 aromatic rings. The van der Waals surface area contributed by atoms with Gasteiger partial charge < -0.3 is 19.7 Å². The number of ether oxygens (including phenoxy) is 2. The fraction of sp³-hybridized carbons (Fsp3) is 0.943. The third-order valence-corrected chi connectivity index (χ3v) is 12.8. The molecule has 8 rings (SSSR count). The van der Waals surface area contributed by atoms with Crippen molar-refractivity contribution in [3.05, 3.63) is 0 Å². The number of carbonyl (C=O) groups excluding carboxylic acids is 2. The lowest BCUT2D eigenvalue weighted by Crippen LogP contribution is -2.67. The van der Waals surface area contributed by atoms with Crippen LogP contribution in [-0.4, -0.2) is 44.6 Å². The van der Waals surface area contributed by atoms with Crippen LogP contribution in [-0.2, 0) is 19.1 Å². The molecule has 234 valence electrons. The number of hydrogen-bond donors (Lipinski definition) is 2. The van der Waals surface area contributed by atoms with Gasteiger partial charge in [-0.25, -0.2) is 0 Å². The van der Waals surface area contributed by atoms with Crippen molar-refractivity contribution >= 4 is 11.9 Å². The van der Waals surface area contributed by atoms with Gasteiger partial charge in [0.1, 0.15) is 11.2 Å². The van der Waals surface area contributed by atoms with Crippen LogP contribution in [0.5, 0.6) is 0 Å². The van der Waals surface area contributed by atoms with Crippen molar-refractivity contribution in [3.8, 4) is 0 Å². The Morgan fingerprint density at radius 1 is 0.707 bits per heavy atom. The molecule has 6 nitrogen and oxygen atoms in total. The zero-order chi connectivity index (χ0) is 30.2. The molecule has 0 aromatic heterocycles. The van der Waals surface area contributed by atoms with Gasteiger partial charge in [0.15, 0.2) is 0 Å². The molecule has 6 heteroatoms. The van der Waals surface area contributed by atoms with Crippen molar-refractivity contribution in [1.82, 2.24) is 0 Å². The maximum atomic E-state index is 12.8. The first-order chi connectivity index (χ1) is 18.9. The zero-order valence-corrected chi connectivity index (χ0v) is 27.2. The molecule has 8 bridgehead atoms. The van der Waals surface area contributed by atoms with Gasteiger partial charge in [0.05, 0.1) is 22.0 Å². The Kier molecular flexibility index (Phi) is 7.79. The summed E-state index contributed by atoms with van der Waals surface area (Å²) in [6.45, 7) is 16.3. The number of rotatable bonds is 7. The van der Waals surface area contributed by atoms with E-state index in [-0.39, 0.29) is 23.1 Å². The van der Waals surface area contributed by atoms with Crippen LogP contribution in [0.3, 0.4) is 0 Å². The van der Waals surface area contributed by atoms with E-state index in [0.717, 1.165) is 70.6 Å². The molecule has 4 atom stereocenters. The number of esters is 2. The average Bonchev–Trinajstić information content (AvgIpc) is 2.83. The van der Waals surface area contributed by atoms with E-state index < -0.39 is 22.0 Å². The molecule has 8 saturated carbocycles. The Balaban J connectivity index is 0.000000166. The van der Waals surface area contributed by atoms with Crippen LogP contribution in [0.1, 0.15) is 139 Å². The standard InChI is InChI=1S/C19H32O3.C16H26O3/c1-6-17(4,5)16(20)22-19(12(2)3)14-7-13-8-15(19)11-18(21,9-13)10-14;1-4-14(2,3)13(17)19-16-8-11-5-12(9-16)7-15(18,6-11)10-16/h12-15,21H,6-11H2,1-5H3;11-12,18H,4-10H2,1-3H3. The fourth-order valence-corrected chi connectivity index (χ4v) is 10.4. The zero-order valence-electron chi connectivity index (χ0n) is 27.2. The fourth-order valence-electron chi connectivity index (χ4n) is 10.4. The summed E-state index contributed by atoms with van der Waals surface area (Å²) in [5, 5.41) is 21.5. The van der Waals surface area contributed by atoms with Gasteiger partial charge in [0.25, 0.3) is 0 Å². The summed E-state index contributed by atoms with van der Waals surface area (Å²) < 4.78 is 12.3. The van der Waals surface area contributed by atoms with Crippen LogP contribution < -0.4 is 0 Å². The molecule has 4 unspecified atom stereocenters. The van der Waals surface area contributed by atoms with E-state index in [4.69, 9.17) is 9.47 Å². The largest absolute Gasteiger partial charge is 0.459 e. The normalized spacial score (nSPS) is 44.0. The first-order valence-electron chi connectivity index (χ1n) is 16.8. The van der Waals surface area contributed by atoms with Gasteiger partial charge in [-0.2, -0.15) is 0 Å². The van der Waals surface area contributed by atoms with Crippen molar-refractivity contribution < 1.29 is 29.3 Å². The highest BCUT2D eigenvalue weighted by Crippen LogP contribution is 2.63. The minimum Gasteiger partial charge on any atom is -0.459 e. The molecule has 8 fully saturated rings. The first kappa shape index (κ1) is 31.3. The SMILES string of the molecule is CCC(C)(C)C(=O)OC1(C(C)C)C2CC3CC1CC(O)(C3)C2.CCC(C)(C)C(=O)OC12CC3CC(CC(O)(C3)C1)C2. The minimum atomic E-state index is -0.555. The highest BCUT2D eigenvalue weighted by atomic mass is 16.6. The van der Waals surface area contributed by atoms with Gasteiger partial charge in [0, 0.05) is 18.3 Å². The smallest absolute Gasteiger partial charge is 0.312 e. The van der Waals surface area contributed by atoms with E-state index in [1.807, 2.05) is 41.5 Å². The van der Waals surface area contributed by atoms with Crippen LogP contribution in [0.4, 0.5) is 0 Å². The van der Waals surface area contributed by atoms with Crippen molar-refractivity contribution in [1.29, 1.82) is 0 Å². The Labute approximate surface area is 248 Å². The highest BCUT2D eigenvalue weighted by molar-refractivity contribution is 5.77. The van der Waals surface area contributed by atoms with Gasteiger partial charge in [-0.3, -0.25) is 9.59 Å². The van der Waals surface area contributed by atoms with Crippen molar-refractivity contribution in [2.24, 2.45) is 46.3 Å². The molecule has 41 heavy (non-hydrogen) atoms. The van der Waals surface area contributed by atoms with Crippen LogP contribution in [0.25, 0.3) is 0 Å². The lowest BCUT2D eigenvalue weighted by molar-refractivity contribution is -0.259. The Morgan fingerprint density at radius 3 is 1.59 bits per heavy atom. The molecule has 0 radical (unpaired) electrons. The van der Waals surface area contributed by atoms with Gasteiger partial charge in [-0.1, -0.05) is 27.7 Å². The molecule has 0 heterocycles. The number of carbonyl (C=O) groups is 2. The van der Waals surface area contributed by atoms with Crippen molar-refractivity contribution in [2.75, 3.05) is 0 Å².